The van der Waals surface area contributed by atoms with Gasteiger partial charge in [-0.3, -0.25) is 4.79 Å². The first-order valence-corrected chi connectivity index (χ1v) is 6.72. The van der Waals surface area contributed by atoms with Gasteiger partial charge in [-0.2, -0.15) is 0 Å². The lowest BCUT2D eigenvalue weighted by atomic mass is 10.1. The molecule has 1 unspecified atom stereocenters. The summed E-state index contributed by atoms with van der Waals surface area (Å²) in [6.07, 6.45) is 4.37. The highest BCUT2D eigenvalue weighted by atomic mass is 35.5. The van der Waals surface area contributed by atoms with Gasteiger partial charge in [-0.05, 0) is 37.0 Å². The first kappa shape index (κ1) is 13.3. The van der Waals surface area contributed by atoms with Crippen LogP contribution in [-0.2, 0) is 4.79 Å². The van der Waals surface area contributed by atoms with Crippen LogP contribution in [0.5, 0.6) is 0 Å². The largest absolute Gasteiger partial charge is 0.352 e. The molecule has 0 saturated heterocycles. The van der Waals surface area contributed by atoms with E-state index in [2.05, 4.69) is 5.32 Å². The Hall–Kier alpha value is -1.09. The molecule has 1 aliphatic rings. The smallest absolute Gasteiger partial charge is 0.242 e. The minimum atomic E-state index is -0.745. The maximum absolute atomic E-state index is 13.1. The number of halogens is 2. The highest BCUT2D eigenvalue weighted by Gasteiger charge is 2.23. The number of aryl methyl sites for hydroxylation is 1. The topological polar surface area (TPSA) is 29.1 Å². The third kappa shape index (κ3) is 3.02. The van der Waals surface area contributed by atoms with Gasteiger partial charge in [0.15, 0.2) is 0 Å². The molecule has 1 saturated carbocycles. The SMILES string of the molecule is Cc1cc(C(Cl)C(=O)NC2CCCC2)ccc1F. The third-order valence-electron chi connectivity index (χ3n) is 3.41. The number of benzene rings is 1. The van der Waals surface area contributed by atoms with Crippen molar-refractivity contribution in [3.63, 3.8) is 0 Å². The van der Waals surface area contributed by atoms with E-state index in [1.807, 2.05) is 0 Å². The van der Waals surface area contributed by atoms with Crippen molar-refractivity contribution in [1.82, 2.24) is 5.32 Å². The Morgan fingerprint density at radius 1 is 1.44 bits per heavy atom. The lowest BCUT2D eigenvalue weighted by Gasteiger charge is -2.16. The van der Waals surface area contributed by atoms with E-state index in [-0.39, 0.29) is 17.8 Å². The van der Waals surface area contributed by atoms with E-state index in [4.69, 9.17) is 11.6 Å². The fourth-order valence-corrected chi connectivity index (χ4v) is 2.52. The van der Waals surface area contributed by atoms with Gasteiger partial charge in [0.25, 0.3) is 0 Å². The lowest BCUT2D eigenvalue weighted by Crippen LogP contribution is -2.34. The molecule has 1 amide bonds. The van der Waals surface area contributed by atoms with Crippen molar-refractivity contribution in [2.24, 2.45) is 0 Å². The number of rotatable bonds is 3. The highest BCUT2D eigenvalue weighted by Crippen LogP contribution is 2.24. The molecule has 1 N–H and O–H groups in total. The lowest BCUT2D eigenvalue weighted by molar-refractivity contribution is -0.121. The molecule has 1 atom stereocenters. The number of carbonyl (C=O) groups is 1. The molecular weight excluding hydrogens is 253 g/mol. The Kier molecular flexibility index (Phi) is 4.23. The number of hydrogen-bond donors (Lipinski definition) is 1. The van der Waals surface area contributed by atoms with Gasteiger partial charge in [0.2, 0.25) is 5.91 Å². The zero-order valence-corrected chi connectivity index (χ0v) is 11.1. The Morgan fingerprint density at radius 2 is 2.11 bits per heavy atom. The zero-order valence-electron chi connectivity index (χ0n) is 10.4. The maximum Gasteiger partial charge on any atom is 0.242 e. The monoisotopic (exact) mass is 269 g/mol. The summed E-state index contributed by atoms with van der Waals surface area (Å²) in [5.41, 5.74) is 1.15. The Labute approximate surface area is 112 Å². The van der Waals surface area contributed by atoms with Gasteiger partial charge in [-0.1, -0.05) is 25.0 Å². The summed E-state index contributed by atoms with van der Waals surface area (Å²) >= 11 is 6.12. The maximum atomic E-state index is 13.1. The van der Waals surface area contributed by atoms with Crippen LogP contribution >= 0.6 is 11.6 Å². The summed E-state index contributed by atoms with van der Waals surface area (Å²) in [6.45, 7) is 1.66. The normalized spacial score (nSPS) is 17.7. The fraction of sp³-hybridized carbons (Fsp3) is 0.500. The molecule has 1 aromatic rings. The second-order valence-corrected chi connectivity index (χ2v) is 5.30. The van der Waals surface area contributed by atoms with Crippen LogP contribution in [0.25, 0.3) is 0 Å². The molecule has 0 radical (unpaired) electrons. The predicted molar refractivity (Wildman–Crippen MR) is 70.1 cm³/mol. The molecule has 1 aromatic carbocycles. The quantitative estimate of drug-likeness (QED) is 0.837. The fourth-order valence-electron chi connectivity index (χ4n) is 2.32. The number of carbonyl (C=O) groups excluding carboxylic acids is 1. The van der Waals surface area contributed by atoms with E-state index in [1.54, 1.807) is 19.1 Å². The minimum Gasteiger partial charge on any atom is -0.352 e. The van der Waals surface area contributed by atoms with Gasteiger partial charge in [0.05, 0.1) is 0 Å². The van der Waals surface area contributed by atoms with Crippen LogP contribution in [-0.4, -0.2) is 11.9 Å². The van der Waals surface area contributed by atoms with E-state index in [1.165, 1.54) is 6.07 Å². The van der Waals surface area contributed by atoms with Crippen LogP contribution in [0.15, 0.2) is 18.2 Å². The van der Waals surface area contributed by atoms with Crippen molar-refractivity contribution in [1.29, 1.82) is 0 Å². The van der Waals surface area contributed by atoms with E-state index in [0.717, 1.165) is 25.7 Å². The van der Waals surface area contributed by atoms with Crippen LogP contribution in [0.2, 0.25) is 0 Å². The van der Waals surface area contributed by atoms with Crippen molar-refractivity contribution in [3.8, 4) is 0 Å². The van der Waals surface area contributed by atoms with E-state index in [0.29, 0.717) is 11.1 Å². The van der Waals surface area contributed by atoms with Crippen LogP contribution in [0, 0.1) is 12.7 Å². The summed E-state index contributed by atoms with van der Waals surface area (Å²) in [5.74, 6) is -0.464. The number of hydrogen-bond acceptors (Lipinski definition) is 1. The average molecular weight is 270 g/mol. The Morgan fingerprint density at radius 3 is 2.72 bits per heavy atom. The van der Waals surface area contributed by atoms with Crippen LogP contribution in [0.4, 0.5) is 4.39 Å². The molecule has 18 heavy (non-hydrogen) atoms. The molecule has 4 heteroatoms. The molecule has 0 aromatic heterocycles. The van der Waals surface area contributed by atoms with Crippen LogP contribution < -0.4 is 5.32 Å². The molecule has 0 spiro atoms. The minimum absolute atomic E-state index is 0.186. The standard InChI is InChI=1S/C14H17ClFNO/c1-9-8-10(6-7-12(9)16)13(15)14(18)17-11-4-2-3-5-11/h6-8,11,13H,2-5H2,1H3,(H,17,18). The van der Waals surface area contributed by atoms with Gasteiger partial charge < -0.3 is 5.32 Å². The Balaban J connectivity index is 2.02. The molecule has 0 bridgehead atoms. The third-order valence-corrected chi connectivity index (χ3v) is 3.86. The summed E-state index contributed by atoms with van der Waals surface area (Å²) in [5, 5.41) is 2.20. The van der Waals surface area contributed by atoms with Crippen LogP contribution in [0.1, 0.15) is 42.2 Å². The molecule has 2 nitrogen and oxygen atoms in total. The predicted octanol–water partition coefficient (Wildman–Crippen LogP) is 3.47. The van der Waals surface area contributed by atoms with Gasteiger partial charge >= 0.3 is 0 Å². The molecule has 2 rings (SSSR count). The van der Waals surface area contributed by atoms with E-state index < -0.39 is 5.38 Å². The number of amides is 1. The molecule has 0 aliphatic heterocycles. The second kappa shape index (κ2) is 5.70. The Bertz CT molecular complexity index is 443. The zero-order chi connectivity index (χ0) is 13.1. The average Bonchev–Trinajstić information content (AvgIpc) is 2.84. The van der Waals surface area contributed by atoms with Crippen molar-refractivity contribution in [2.45, 2.75) is 44.0 Å². The number of alkyl halides is 1. The van der Waals surface area contributed by atoms with Crippen LogP contribution in [0.3, 0.4) is 0 Å². The molecule has 1 fully saturated rings. The summed E-state index contributed by atoms with van der Waals surface area (Å²) in [4.78, 5) is 12.0. The molecule has 98 valence electrons. The first-order valence-electron chi connectivity index (χ1n) is 6.28. The second-order valence-electron chi connectivity index (χ2n) is 4.86. The van der Waals surface area contributed by atoms with Gasteiger partial charge in [-0.25, -0.2) is 4.39 Å². The van der Waals surface area contributed by atoms with Gasteiger partial charge in [0, 0.05) is 6.04 Å². The molecular formula is C14H17ClFNO. The van der Waals surface area contributed by atoms with Crippen molar-refractivity contribution >= 4 is 17.5 Å². The summed E-state index contributed by atoms with van der Waals surface area (Å²) in [7, 11) is 0. The van der Waals surface area contributed by atoms with Gasteiger partial charge in [0.1, 0.15) is 11.2 Å². The summed E-state index contributed by atoms with van der Waals surface area (Å²) < 4.78 is 13.1. The number of nitrogens with one attached hydrogen (secondary N) is 1. The van der Waals surface area contributed by atoms with Crippen molar-refractivity contribution < 1.29 is 9.18 Å². The van der Waals surface area contributed by atoms with Crippen molar-refractivity contribution in [2.75, 3.05) is 0 Å². The van der Waals surface area contributed by atoms with Gasteiger partial charge in [-0.15, -0.1) is 11.6 Å². The highest BCUT2D eigenvalue weighted by molar-refractivity contribution is 6.30. The first-order chi connectivity index (χ1) is 8.58. The summed E-state index contributed by atoms with van der Waals surface area (Å²) in [6, 6.07) is 4.79. The van der Waals surface area contributed by atoms with E-state index in [9.17, 15) is 9.18 Å². The van der Waals surface area contributed by atoms with Crippen molar-refractivity contribution in [3.05, 3.63) is 35.1 Å². The van der Waals surface area contributed by atoms with E-state index >= 15 is 0 Å². The molecule has 1 aliphatic carbocycles. The molecule has 0 heterocycles.